The number of hydrogen-bond acceptors (Lipinski definition) is 5. The van der Waals surface area contributed by atoms with Gasteiger partial charge in [-0.25, -0.2) is 9.97 Å². The highest BCUT2D eigenvalue weighted by Crippen LogP contribution is 2.35. The second-order valence-corrected chi connectivity index (χ2v) is 6.93. The number of aromatic nitrogens is 2. The van der Waals surface area contributed by atoms with Crippen molar-refractivity contribution >= 4 is 27.8 Å². The van der Waals surface area contributed by atoms with Crippen LogP contribution in [0.1, 0.15) is 28.6 Å². The summed E-state index contributed by atoms with van der Waals surface area (Å²) in [6, 6.07) is 0. The molecule has 2 aromatic rings. The molecule has 0 saturated carbocycles. The molecule has 0 unspecified atom stereocenters. The first-order valence-electron chi connectivity index (χ1n) is 6.05. The average Bonchev–Trinajstić information content (AvgIpc) is 2.93. The number of nitrogens with one attached hydrogen (secondary N) is 1. The number of alkyl halides is 3. The molecule has 8 heteroatoms. The van der Waals surface area contributed by atoms with Crippen LogP contribution in [0.5, 0.6) is 0 Å². The average molecular weight is 321 g/mol. The van der Waals surface area contributed by atoms with Crippen LogP contribution in [0.15, 0.2) is 12.4 Å². The zero-order valence-electron chi connectivity index (χ0n) is 11.0. The van der Waals surface area contributed by atoms with Gasteiger partial charge in [-0.1, -0.05) is 25.2 Å². The van der Waals surface area contributed by atoms with Gasteiger partial charge in [0.25, 0.3) is 0 Å². The Hall–Kier alpha value is -1.15. The van der Waals surface area contributed by atoms with Gasteiger partial charge in [-0.3, -0.25) is 0 Å². The minimum Gasteiger partial charge on any atom is -0.357 e. The van der Waals surface area contributed by atoms with E-state index in [2.05, 4.69) is 29.1 Å². The zero-order chi connectivity index (χ0) is 14.8. The van der Waals surface area contributed by atoms with Crippen molar-refractivity contribution in [1.82, 2.24) is 9.97 Å². The summed E-state index contributed by atoms with van der Waals surface area (Å²) < 4.78 is 37.3. The second-order valence-electron chi connectivity index (χ2n) is 4.70. The van der Waals surface area contributed by atoms with Crippen LogP contribution in [-0.4, -0.2) is 9.97 Å². The lowest BCUT2D eigenvalue weighted by molar-refractivity contribution is -0.134. The molecule has 0 aliphatic carbocycles. The normalized spacial score (nSPS) is 12.1. The van der Waals surface area contributed by atoms with Gasteiger partial charge in [0, 0.05) is 17.5 Å². The summed E-state index contributed by atoms with van der Waals surface area (Å²) in [4.78, 5) is 8.32. The molecule has 1 N–H and O–H groups in total. The Morgan fingerprint density at radius 2 is 1.95 bits per heavy atom. The first-order valence-corrected chi connectivity index (χ1v) is 7.68. The zero-order valence-corrected chi connectivity index (χ0v) is 12.6. The summed E-state index contributed by atoms with van der Waals surface area (Å²) >= 11 is 2.19. The molecule has 0 spiro atoms. The van der Waals surface area contributed by atoms with Crippen molar-refractivity contribution in [2.45, 2.75) is 33.0 Å². The molecule has 0 fully saturated rings. The van der Waals surface area contributed by atoms with Crippen molar-refractivity contribution in [3.63, 3.8) is 0 Å². The predicted molar refractivity (Wildman–Crippen MR) is 75.1 cm³/mol. The number of rotatable bonds is 5. The Bertz CT molecular complexity index is 560. The lowest BCUT2D eigenvalue weighted by Gasteiger charge is -2.01. The van der Waals surface area contributed by atoms with E-state index in [0.29, 0.717) is 23.8 Å². The maximum Gasteiger partial charge on any atom is 0.427 e. The van der Waals surface area contributed by atoms with Crippen molar-refractivity contribution in [2.75, 3.05) is 5.32 Å². The Balaban J connectivity index is 1.92. The van der Waals surface area contributed by atoms with Crippen LogP contribution >= 0.6 is 22.7 Å². The van der Waals surface area contributed by atoms with E-state index >= 15 is 0 Å². The monoisotopic (exact) mass is 321 g/mol. The number of hydrogen-bond donors (Lipinski definition) is 1. The number of nitrogens with zero attached hydrogens (tertiary/aromatic N) is 2. The topological polar surface area (TPSA) is 37.8 Å². The van der Waals surface area contributed by atoms with Crippen molar-refractivity contribution in [3.8, 4) is 0 Å². The van der Waals surface area contributed by atoms with Crippen molar-refractivity contribution in [2.24, 2.45) is 5.92 Å². The summed E-state index contributed by atoms with van der Waals surface area (Å²) in [5.41, 5.74) is 0. The van der Waals surface area contributed by atoms with E-state index in [1.807, 2.05) is 0 Å². The molecule has 0 saturated heterocycles. The molecule has 2 rings (SSSR count). The molecular formula is C12H14F3N3S2. The number of halogens is 3. The van der Waals surface area contributed by atoms with E-state index in [1.165, 1.54) is 0 Å². The van der Waals surface area contributed by atoms with Crippen LogP contribution in [0.2, 0.25) is 0 Å². The fourth-order valence-electron chi connectivity index (χ4n) is 1.52. The molecule has 0 bridgehead atoms. The highest BCUT2D eigenvalue weighted by molar-refractivity contribution is 7.15. The molecule has 0 radical (unpaired) electrons. The third-order valence-corrected chi connectivity index (χ3v) is 4.40. The molecule has 2 heterocycles. The standard InChI is InChI=1S/C12H14F3N3S2/c1-7(2)3-10-16-4-8(19-10)5-17-11-18-6-9(20-11)12(13,14)15/h4,6-7H,3,5H2,1-2H3,(H,17,18). The van der Waals surface area contributed by atoms with Gasteiger partial charge in [-0.05, 0) is 5.92 Å². The molecule has 3 nitrogen and oxygen atoms in total. The summed E-state index contributed by atoms with van der Waals surface area (Å²) in [6.07, 6.45) is -0.801. The van der Waals surface area contributed by atoms with E-state index in [4.69, 9.17) is 0 Å². The minimum atomic E-state index is -4.33. The Morgan fingerprint density at radius 3 is 2.55 bits per heavy atom. The molecule has 2 aromatic heterocycles. The Labute approximate surface area is 122 Å². The van der Waals surface area contributed by atoms with Crippen LogP contribution in [0.3, 0.4) is 0 Å². The maximum absolute atomic E-state index is 12.4. The number of thiazole rings is 2. The van der Waals surface area contributed by atoms with Crippen molar-refractivity contribution in [3.05, 3.63) is 27.2 Å². The van der Waals surface area contributed by atoms with Crippen molar-refractivity contribution < 1.29 is 13.2 Å². The Kier molecular flexibility index (Phi) is 4.64. The highest BCUT2D eigenvalue weighted by atomic mass is 32.1. The van der Waals surface area contributed by atoms with E-state index in [1.54, 1.807) is 17.5 Å². The van der Waals surface area contributed by atoms with Gasteiger partial charge in [-0.2, -0.15) is 13.2 Å². The lowest BCUT2D eigenvalue weighted by Crippen LogP contribution is -2.00. The van der Waals surface area contributed by atoms with Gasteiger partial charge in [0.2, 0.25) is 0 Å². The molecule has 0 aliphatic rings. The summed E-state index contributed by atoms with van der Waals surface area (Å²) in [7, 11) is 0. The molecule has 0 amide bonds. The summed E-state index contributed by atoms with van der Waals surface area (Å²) in [5, 5.41) is 4.22. The van der Waals surface area contributed by atoms with Gasteiger partial charge in [0.1, 0.15) is 4.88 Å². The largest absolute Gasteiger partial charge is 0.427 e. The third-order valence-electron chi connectivity index (χ3n) is 2.38. The van der Waals surface area contributed by atoms with Gasteiger partial charge in [-0.15, -0.1) is 11.3 Å². The fourth-order valence-corrected chi connectivity index (χ4v) is 3.28. The Morgan fingerprint density at radius 1 is 1.20 bits per heavy atom. The first kappa shape index (κ1) is 15.2. The molecule has 20 heavy (non-hydrogen) atoms. The van der Waals surface area contributed by atoms with Gasteiger partial charge in [0.05, 0.1) is 17.7 Å². The smallest absolute Gasteiger partial charge is 0.357 e. The third kappa shape index (κ3) is 4.17. The summed E-state index contributed by atoms with van der Waals surface area (Å²) in [6.45, 7) is 4.68. The second kappa shape index (κ2) is 6.09. The van der Waals surface area contributed by atoms with Crippen LogP contribution < -0.4 is 5.32 Å². The fraction of sp³-hybridized carbons (Fsp3) is 0.500. The van der Waals surface area contributed by atoms with E-state index in [9.17, 15) is 13.2 Å². The van der Waals surface area contributed by atoms with E-state index in [-0.39, 0.29) is 5.13 Å². The van der Waals surface area contributed by atoms with Crippen LogP contribution in [0.25, 0.3) is 0 Å². The van der Waals surface area contributed by atoms with Crippen LogP contribution in [-0.2, 0) is 19.1 Å². The van der Waals surface area contributed by atoms with Crippen LogP contribution in [0.4, 0.5) is 18.3 Å². The summed E-state index contributed by atoms with van der Waals surface area (Å²) in [5.74, 6) is 0.537. The minimum absolute atomic E-state index is 0.274. The van der Waals surface area contributed by atoms with Gasteiger partial charge in [0.15, 0.2) is 5.13 Å². The quantitative estimate of drug-likeness (QED) is 0.885. The molecule has 0 aromatic carbocycles. The van der Waals surface area contributed by atoms with Crippen molar-refractivity contribution in [1.29, 1.82) is 0 Å². The molecule has 0 atom stereocenters. The number of anilines is 1. The lowest BCUT2D eigenvalue weighted by atomic mass is 10.1. The predicted octanol–water partition coefficient (Wildman–Crippen LogP) is 4.43. The maximum atomic E-state index is 12.4. The van der Waals surface area contributed by atoms with E-state index in [0.717, 1.165) is 22.5 Å². The van der Waals surface area contributed by atoms with Crippen LogP contribution in [0, 0.1) is 5.92 Å². The van der Waals surface area contributed by atoms with Gasteiger partial charge < -0.3 is 5.32 Å². The molecule has 0 aliphatic heterocycles. The first-order chi connectivity index (χ1) is 9.34. The molecule has 110 valence electrons. The SMILES string of the molecule is CC(C)Cc1ncc(CNc2ncc(C(F)(F)F)s2)s1. The van der Waals surface area contributed by atoms with Gasteiger partial charge >= 0.3 is 6.18 Å². The molecular weight excluding hydrogens is 307 g/mol. The highest BCUT2D eigenvalue weighted by Gasteiger charge is 2.33. The van der Waals surface area contributed by atoms with E-state index < -0.39 is 11.1 Å².